The van der Waals surface area contributed by atoms with Crippen molar-refractivity contribution in [3.8, 4) is 17.0 Å². The van der Waals surface area contributed by atoms with E-state index in [-0.39, 0.29) is 5.75 Å². The van der Waals surface area contributed by atoms with E-state index < -0.39 is 0 Å². The molecule has 2 aliphatic rings. The Hall–Kier alpha value is -2.14. The zero-order valence-corrected chi connectivity index (χ0v) is 16.7. The first kappa shape index (κ1) is 18.2. The molecule has 0 aliphatic carbocycles. The van der Waals surface area contributed by atoms with Crippen LogP contribution < -0.4 is 10.2 Å². The predicted octanol–water partition coefficient (Wildman–Crippen LogP) is 3.68. The lowest BCUT2D eigenvalue weighted by Gasteiger charge is -2.38. The van der Waals surface area contributed by atoms with Gasteiger partial charge in [0.2, 0.25) is 0 Å². The molecule has 3 unspecified atom stereocenters. The fraction of sp³-hybridized carbons (Fsp3) is 0.545. The van der Waals surface area contributed by atoms with Crippen LogP contribution in [0, 0.1) is 25.7 Å². The second kappa shape index (κ2) is 7.12. The van der Waals surface area contributed by atoms with Crippen LogP contribution in [0.3, 0.4) is 0 Å². The first-order valence-electron chi connectivity index (χ1n) is 10.1. The fourth-order valence-corrected chi connectivity index (χ4v) is 4.59. The van der Waals surface area contributed by atoms with Crippen LogP contribution in [0.15, 0.2) is 24.3 Å². The highest BCUT2D eigenvalue weighted by Gasteiger charge is 2.40. The third-order valence-corrected chi connectivity index (χ3v) is 6.35. The minimum absolute atomic E-state index is 0.262. The van der Waals surface area contributed by atoms with Crippen molar-refractivity contribution >= 4 is 5.82 Å². The molecule has 0 bridgehead atoms. The van der Waals surface area contributed by atoms with Crippen LogP contribution in [0.1, 0.15) is 37.8 Å². The summed E-state index contributed by atoms with van der Waals surface area (Å²) in [6.07, 6.45) is 2.38. The van der Waals surface area contributed by atoms with Crippen molar-refractivity contribution in [2.24, 2.45) is 11.8 Å². The van der Waals surface area contributed by atoms with Gasteiger partial charge in [-0.25, -0.2) is 0 Å². The smallest absolute Gasteiger partial charge is 0.151 e. The quantitative estimate of drug-likeness (QED) is 0.868. The van der Waals surface area contributed by atoms with Crippen molar-refractivity contribution in [3.63, 3.8) is 0 Å². The number of piperidine rings is 1. The molecule has 144 valence electrons. The molecule has 5 heteroatoms. The second-order valence-corrected chi connectivity index (χ2v) is 8.56. The average molecular weight is 367 g/mol. The van der Waals surface area contributed by atoms with Crippen LogP contribution in [0.4, 0.5) is 5.82 Å². The molecule has 1 aromatic carbocycles. The van der Waals surface area contributed by atoms with Crippen LogP contribution in [0.5, 0.6) is 5.75 Å². The monoisotopic (exact) mass is 366 g/mol. The van der Waals surface area contributed by atoms with Gasteiger partial charge in [-0.3, -0.25) is 0 Å². The number of hydrogen-bond acceptors (Lipinski definition) is 5. The Balaban J connectivity index is 1.61. The Kier molecular flexibility index (Phi) is 4.81. The molecule has 4 rings (SSSR count). The number of nitrogens with zero attached hydrogens (tertiary/aromatic N) is 3. The molecule has 1 aromatic heterocycles. The van der Waals surface area contributed by atoms with E-state index in [9.17, 15) is 5.11 Å². The summed E-state index contributed by atoms with van der Waals surface area (Å²) in [6, 6.07) is 8.87. The van der Waals surface area contributed by atoms with Gasteiger partial charge in [0.15, 0.2) is 5.82 Å². The standard InChI is InChI=1S/C22H30N4O/c1-13(2)16-11-19-18(23-12-16)7-8-26(19)21-10-15(4)22(25-24-21)17-6-5-14(3)9-20(17)27/h5-6,9-10,13,16,18-19,23,27H,7-8,11-12H2,1-4H3. The van der Waals surface area contributed by atoms with Crippen molar-refractivity contribution in [1.29, 1.82) is 0 Å². The number of phenols is 1. The molecule has 0 amide bonds. The fourth-order valence-electron chi connectivity index (χ4n) is 4.59. The number of fused-ring (bicyclic) bond motifs is 1. The summed E-state index contributed by atoms with van der Waals surface area (Å²) in [5, 5.41) is 23.1. The minimum Gasteiger partial charge on any atom is -0.507 e. The first-order valence-corrected chi connectivity index (χ1v) is 10.1. The molecule has 3 atom stereocenters. The number of aromatic nitrogens is 2. The second-order valence-electron chi connectivity index (χ2n) is 8.56. The molecule has 2 fully saturated rings. The predicted molar refractivity (Wildman–Crippen MR) is 109 cm³/mol. The first-order chi connectivity index (χ1) is 12.9. The van der Waals surface area contributed by atoms with E-state index in [1.54, 1.807) is 6.07 Å². The van der Waals surface area contributed by atoms with Gasteiger partial charge in [-0.15, -0.1) is 10.2 Å². The molecule has 0 radical (unpaired) electrons. The van der Waals surface area contributed by atoms with Gasteiger partial charge in [-0.1, -0.05) is 19.9 Å². The molecule has 2 aromatic rings. The van der Waals surface area contributed by atoms with Crippen LogP contribution in [0.2, 0.25) is 0 Å². The maximum Gasteiger partial charge on any atom is 0.151 e. The highest BCUT2D eigenvalue weighted by Crippen LogP contribution is 2.35. The number of hydrogen-bond donors (Lipinski definition) is 2. The molecule has 2 saturated heterocycles. The number of phenolic OH excluding ortho intramolecular Hbond substituents is 1. The number of aromatic hydroxyl groups is 1. The number of anilines is 1. The Bertz CT molecular complexity index is 835. The zero-order chi connectivity index (χ0) is 19.1. The van der Waals surface area contributed by atoms with Crippen LogP contribution >= 0.6 is 0 Å². The molecule has 0 spiro atoms. The van der Waals surface area contributed by atoms with Gasteiger partial charge >= 0.3 is 0 Å². The van der Waals surface area contributed by atoms with Crippen molar-refractivity contribution in [2.45, 2.75) is 52.6 Å². The molecule has 0 saturated carbocycles. The maximum absolute atomic E-state index is 10.3. The molecular weight excluding hydrogens is 336 g/mol. The largest absolute Gasteiger partial charge is 0.507 e. The summed E-state index contributed by atoms with van der Waals surface area (Å²) in [5.41, 5.74) is 3.59. The topological polar surface area (TPSA) is 61.3 Å². The lowest BCUT2D eigenvalue weighted by atomic mass is 9.83. The van der Waals surface area contributed by atoms with E-state index in [4.69, 9.17) is 0 Å². The Morgan fingerprint density at radius 1 is 1.19 bits per heavy atom. The number of rotatable bonds is 3. The third-order valence-electron chi connectivity index (χ3n) is 6.35. The van der Waals surface area contributed by atoms with E-state index in [0.717, 1.165) is 47.7 Å². The summed E-state index contributed by atoms with van der Waals surface area (Å²) in [5.74, 6) is 2.63. The van der Waals surface area contributed by atoms with E-state index in [1.807, 2.05) is 19.1 Å². The lowest BCUT2D eigenvalue weighted by molar-refractivity contribution is 0.241. The van der Waals surface area contributed by atoms with Gasteiger partial charge in [0.1, 0.15) is 5.75 Å². The number of aryl methyl sites for hydroxylation is 2. The van der Waals surface area contributed by atoms with Gasteiger partial charge in [0.25, 0.3) is 0 Å². The van der Waals surface area contributed by atoms with Gasteiger partial charge in [-0.2, -0.15) is 0 Å². The molecule has 2 N–H and O–H groups in total. The molecule has 3 heterocycles. The van der Waals surface area contributed by atoms with E-state index in [2.05, 4.69) is 47.3 Å². The van der Waals surface area contributed by atoms with Gasteiger partial charge in [0, 0.05) is 24.2 Å². The van der Waals surface area contributed by atoms with Gasteiger partial charge in [-0.05, 0) is 74.4 Å². The summed E-state index contributed by atoms with van der Waals surface area (Å²) in [7, 11) is 0. The number of benzene rings is 1. The summed E-state index contributed by atoms with van der Waals surface area (Å²) < 4.78 is 0. The van der Waals surface area contributed by atoms with E-state index >= 15 is 0 Å². The van der Waals surface area contributed by atoms with Crippen LogP contribution in [-0.2, 0) is 0 Å². The Morgan fingerprint density at radius 3 is 2.70 bits per heavy atom. The van der Waals surface area contributed by atoms with Gasteiger partial charge < -0.3 is 15.3 Å². The summed E-state index contributed by atoms with van der Waals surface area (Å²) in [6.45, 7) is 10.8. The van der Waals surface area contributed by atoms with E-state index in [0.29, 0.717) is 23.9 Å². The average Bonchev–Trinajstić information content (AvgIpc) is 3.05. The Morgan fingerprint density at radius 2 is 2.00 bits per heavy atom. The minimum atomic E-state index is 0.262. The Labute approximate surface area is 161 Å². The van der Waals surface area contributed by atoms with Gasteiger partial charge in [0.05, 0.1) is 5.69 Å². The molecule has 2 aliphatic heterocycles. The molecular formula is C22H30N4O. The lowest BCUT2D eigenvalue weighted by Crippen LogP contribution is -2.51. The van der Waals surface area contributed by atoms with Crippen molar-refractivity contribution in [1.82, 2.24) is 15.5 Å². The number of nitrogens with one attached hydrogen (secondary N) is 1. The summed E-state index contributed by atoms with van der Waals surface area (Å²) in [4.78, 5) is 2.44. The van der Waals surface area contributed by atoms with Crippen molar-refractivity contribution in [2.75, 3.05) is 18.0 Å². The zero-order valence-electron chi connectivity index (χ0n) is 16.7. The highest BCUT2D eigenvalue weighted by atomic mass is 16.3. The maximum atomic E-state index is 10.3. The van der Waals surface area contributed by atoms with Crippen molar-refractivity contribution < 1.29 is 5.11 Å². The summed E-state index contributed by atoms with van der Waals surface area (Å²) >= 11 is 0. The van der Waals surface area contributed by atoms with Crippen LogP contribution in [0.25, 0.3) is 11.3 Å². The SMILES string of the molecule is Cc1ccc(-c2nnc(N3CCC4NCC(C(C)C)CC43)cc2C)c(O)c1. The molecule has 5 nitrogen and oxygen atoms in total. The molecule has 27 heavy (non-hydrogen) atoms. The third kappa shape index (κ3) is 3.41. The van der Waals surface area contributed by atoms with E-state index in [1.165, 1.54) is 6.42 Å². The normalized spacial score (nSPS) is 25.1. The highest BCUT2D eigenvalue weighted by molar-refractivity contribution is 5.70. The van der Waals surface area contributed by atoms with Crippen LogP contribution in [-0.4, -0.2) is 40.5 Å². The van der Waals surface area contributed by atoms with Crippen molar-refractivity contribution in [3.05, 3.63) is 35.4 Å².